The molecular formula is C18H21BrN2O5S. The molecule has 0 saturated heterocycles. The SMILES string of the molecule is CCOc1cc(C(=O)NCCc2ccc(S(N)(=O)=O)cc2)cc(Br)c1OC. The summed E-state index contributed by atoms with van der Waals surface area (Å²) in [6, 6.07) is 9.52. The molecule has 2 aromatic rings. The Kier molecular flexibility index (Phi) is 7.23. The van der Waals surface area contributed by atoms with Crippen molar-refractivity contribution in [1.29, 1.82) is 0 Å². The van der Waals surface area contributed by atoms with Gasteiger partial charge < -0.3 is 14.8 Å². The van der Waals surface area contributed by atoms with Gasteiger partial charge in [-0.3, -0.25) is 4.79 Å². The number of nitrogens with two attached hydrogens (primary N) is 1. The number of rotatable bonds is 8. The van der Waals surface area contributed by atoms with Crippen LogP contribution in [0.1, 0.15) is 22.8 Å². The molecule has 1 amide bonds. The third-order valence-corrected chi connectivity index (χ3v) is 5.25. The molecule has 0 saturated carbocycles. The molecule has 7 nitrogen and oxygen atoms in total. The van der Waals surface area contributed by atoms with Gasteiger partial charge >= 0.3 is 0 Å². The quantitative estimate of drug-likeness (QED) is 0.634. The van der Waals surface area contributed by atoms with E-state index in [4.69, 9.17) is 14.6 Å². The highest BCUT2D eigenvalue weighted by atomic mass is 79.9. The summed E-state index contributed by atoms with van der Waals surface area (Å²) in [4.78, 5) is 12.5. The zero-order chi connectivity index (χ0) is 20.0. The predicted octanol–water partition coefficient (Wildman–Crippen LogP) is 2.48. The second-order valence-electron chi connectivity index (χ2n) is 5.62. The number of nitrogens with one attached hydrogen (secondary N) is 1. The molecular weight excluding hydrogens is 436 g/mol. The fraction of sp³-hybridized carbons (Fsp3) is 0.278. The van der Waals surface area contributed by atoms with Crippen molar-refractivity contribution in [2.45, 2.75) is 18.2 Å². The van der Waals surface area contributed by atoms with Gasteiger partial charge in [-0.2, -0.15) is 0 Å². The summed E-state index contributed by atoms with van der Waals surface area (Å²) in [7, 11) is -2.17. The summed E-state index contributed by atoms with van der Waals surface area (Å²) in [6.45, 7) is 2.69. The zero-order valence-electron chi connectivity index (χ0n) is 15.0. The van der Waals surface area contributed by atoms with E-state index in [0.29, 0.717) is 41.1 Å². The van der Waals surface area contributed by atoms with E-state index in [-0.39, 0.29) is 10.8 Å². The highest BCUT2D eigenvalue weighted by Crippen LogP contribution is 2.36. The van der Waals surface area contributed by atoms with Gasteiger partial charge in [0.1, 0.15) is 0 Å². The first-order valence-corrected chi connectivity index (χ1v) is 10.5. The van der Waals surface area contributed by atoms with E-state index in [1.165, 1.54) is 19.2 Å². The zero-order valence-corrected chi connectivity index (χ0v) is 17.4. The number of methoxy groups -OCH3 is 1. The van der Waals surface area contributed by atoms with Gasteiger partial charge in [0.05, 0.1) is 23.1 Å². The molecule has 0 aliphatic heterocycles. The molecule has 3 N–H and O–H groups in total. The van der Waals surface area contributed by atoms with E-state index < -0.39 is 10.0 Å². The number of ether oxygens (including phenoxy) is 2. The molecule has 2 aromatic carbocycles. The molecule has 27 heavy (non-hydrogen) atoms. The summed E-state index contributed by atoms with van der Waals surface area (Å²) in [5.41, 5.74) is 1.32. The number of benzene rings is 2. The molecule has 0 heterocycles. The van der Waals surface area contributed by atoms with Gasteiger partial charge in [0.2, 0.25) is 10.0 Å². The molecule has 9 heteroatoms. The number of carbonyl (C=O) groups is 1. The lowest BCUT2D eigenvalue weighted by Gasteiger charge is -2.13. The summed E-state index contributed by atoms with van der Waals surface area (Å²) in [5.74, 6) is 0.766. The van der Waals surface area contributed by atoms with Gasteiger partial charge in [-0.25, -0.2) is 13.6 Å². The average molecular weight is 457 g/mol. The fourth-order valence-corrected chi connectivity index (χ4v) is 3.55. The Hall–Kier alpha value is -2.10. The van der Waals surface area contributed by atoms with Crippen LogP contribution in [0.5, 0.6) is 11.5 Å². The normalized spacial score (nSPS) is 11.1. The van der Waals surface area contributed by atoms with Crippen LogP contribution in [-0.4, -0.2) is 34.6 Å². The van der Waals surface area contributed by atoms with Crippen LogP contribution in [0.2, 0.25) is 0 Å². The fourth-order valence-electron chi connectivity index (χ4n) is 2.43. The van der Waals surface area contributed by atoms with Crippen LogP contribution < -0.4 is 19.9 Å². The second kappa shape index (κ2) is 9.20. The lowest BCUT2D eigenvalue weighted by Crippen LogP contribution is -2.25. The van der Waals surface area contributed by atoms with Gasteiger partial charge in [-0.15, -0.1) is 0 Å². The number of hydrogen-bond donors (Lipinski definition) is 2. The first kappa shape index (κ1) is 21.2. The number of primary sulfonamides is 1. The molecule has 0 spiro atoms. The van der Waals surface area contributed by atoms with E-state index in [2.05, 4.69) is 21.2 Å². The molecule has 0 aliphatic rings. The standard InChI is InChI=1S/C18H21BrN2O5S/c1-3-26-16-11-13(10-15(19)17(16)25-2)18(22)21-9-8-12-4-6-14(7-5-12)27(20,23)24/h4-7,10-11H,3,8-9H2,1-2H3,(H,21,22)(H2,20,23,24). The van der Waals surface area contributed by atoms with Crippen LogP contribution in [0.3, 0.4) is 0 Å². The summed E-state index contributed by atoms with van der Waals surface area (Å²) < 4.78 is 33.9. The van der Waals surface area contributed by atoms with Gasteiger partial charge in [-0.05, 0) is 59.1 Å². The minimum atomic E-state index is -3.70. The third-order valence-electron chi connectivity index (χ3n) is 3.73. The Bertz CT molecular complexity index is 914. The molecule has 0 bridgehead atoms. The predicted molar refractivity (Wildman–Crippen MR) is 106 cm³/mol. The van der Waals surface area contributed by atoms with Crippen molar-refractivity contribution in [3.05, 3.63) is 52.0 Å². The monoisotopic (exact) mass is 456 g/mol. The smallest absolute Gasteiger partial charge is 0.251 e. The number of halogens is 1. The maximum atomic E-state index is 12.4. The number of sulfonamides is 1. The van der Waals surface area contributed by atoms with Gasteiger partial charge in [0.15, 0.2) is 11.5 Å². The average Bonchev–Trinajstić information content (AvgIpc) is 2.61. The lowest BCUT2D eigenvalue weighted by atomic mass is 10.1. The van der Waals surface area contributed by atoms with Crippen molar-refractivity contribution in [1.82, 2.24) is 5.32 Å². The molecule has 0 fully saturated rings. The first-order chi connectivity index (χ1) is 12.8. The van der Waals surface area contributed by atoms with E-state index in [1.807, 2.05) is 6.92 Å². The van der Waals surface area contributed by atoms with Crippen LogP contribution >= 0.6 is 15.9 Å². The summed E-state index contributed by atoms with van der Waals surface area (Å²) in [5, 5.41) is 7.90. The highest BCUT2D eigenvalue weighted by molar-refractivity contribution is 9.10. The Labute approximate surface area is 167 Å². The number of carbonyl (C=O) groups excluding carboxylic acids is 1. The third kappa shape index (κ3) is 5.69. The Morgan fingerprint density at radius 1 is 1.22 bits per heavy atom. The second-order valence-corrected chi connectivity index (χ2v) is 8.03. The minimum Gasteiger partial charge on any atom is -0.492 e. The summed E-state index contributed by atoms with van der Waals surface area (Å²) in [6.07, 6.45) is 0.548. The van der Waals surface area contributed by atoms with E-state index >= 15 is 0 Å². The van der Waals surface area contributed by atoms with Gasteiger partial charge in [-0.1, -0.05) is 12.1 Å². The molecule has 146 valence electrons. The largest absolute Gasteiger partial charge is 0.492 e. The van der Waals surface area contributed by atoms with Crippen LogP contribution in [0.25, 0.3) is 0 Å². The number of hydrogen-bond acceptors (Lipinski definition) is 5. The Morgan fingerprint density at radius 2 is 1.89 bits per heavy atom. The van der Waals surface area contributed by atoms with Crippen LogP contribution in [0.4, 0.5) is 0 Å². The van der Waals surface area contributed by atoms with Crippen molar-refractivity contribution in [3.8, 4) is 11.5 Å². The van der Waals surface area contributed by atoms with Gasteiger partial charge in [0, 0.05) is 12.1 Å². The first-order valence-electron chi connectivity index (χ1n) is 8.16. The van der Waals surface area contributed by atoms with E-state index in [0.717, 1.165) is 5.56 Å². The van der Waals surface area contributed by atoms with Crippen molar-refractivity contribution in [3.63, 3.8) is 0 Å². The number of amides is 1. The maximum absolute atomic E-state index is 12.4. The maximum Gasteiger partial charge on any atom is 0.251 e. The minimum absolute atomic E-state index is 0.0572. The van der Waals surface area contributed by atoms with Crippen molar-refractivity contribution >= 4 is 31.9 Å². The molecule has 2 rings (SSSR count). The van der Waals surface area contributed by atoms with Crippen molar-refractivity contribution in [2.75, 3.05) is 20.3 Å². The topological polar surface area (TPSA) is 108 Å². The summed E-state index contributed by atoms with van der Waals surface area (Å²) >= 11 is 3.38. The van der Waals surface area contributed by atoms with Crippen molar-refractivity contribution in [2.24, 2.45) is 5.14 Å². The highest BCUT2D eigenvalue weighted by Gasteiger charge is 2.15. The van der Waals surface area contributed by atoms with E-state index in [9.17, 15) is 13.2 Å². The van der Waals surface area contributed by atoms with Crippen molar-refractivity contribution < 1.29 is 22.7 Å². The van der Waals surface area contributed by atoms with E-state index in [1.54, 1.807) is 24.3 Å². The lowest BCUT2D eigenvalue weighted by molar-refractivity contribution is 0.0953. The molecule has 0 aliphatic carbocycles. The van der Waals surface area contributed by atoms with Crippen LogP contribution in [-0.2, 0) is 16.4 Å². The molecule has 0 atom stereocenters. The molecule has 0 unspecified atom stereocenters. The van der Waals surface area contributed by atoms with Crippen LogP contribution in [0, 0.1) is 0 Å². The van der Waals surface area contributed by atoms with Gasteiger partial charge in [0.25, 0.3) is 5.91 Å². The Morgan fingerprint density at radius 3 is 2.44 bits per heavy atom. The molecule has 0 radical (unpaired) electrons. The molecule has 0 aromatic heterocycles. The Balaban J connectivity index is 2.01. The van der Waals surface area contributed by atoms with Crippen LogP contribution in [0.15, 0.2) is 45.8 Å².